The molecule has 0 saturated carbocycles. The number of carbonyl (C=O) groups excluding carboxylic acids is 3. The molecule has 1 unspecified atom stereocenters. The van der Waals surface area contributed by atoms with Gasteiger partial charge in [-0.25, -0.2) is 0 Å². The summed E-state index contributed by atoms with van der Waals surface area (Å²) in [5.74, 6) is -1.23. The molecule has 3 amide bonds. The Bertz CT molecular complexity index is 1690. The monoisotopic (exact) mass is 594 g/mol. The Morgan fingerprint density at radius 1 is 0.860 bits per heavy atom. The molecular formula is C33H30N4O5S. The van der Waals surface area contributed by atoms with Crippen LogP contribution in [0.1, 0.15) is 34.0 Å². The van der Waals surface area contributed by atoms with Crippen LogP contribution in [0.5, 0.6) is 0 Å². The summed E-state index contributed by atoms with van der Waals surface area (Å²) >= 11 is 1.34. The Morgan fingerprint density at radius 2 is 1.58 bits per heavy atom. The molecule has 0 aliphatic carbocycles. The molecule has 218 valence electrons. The topological polar surface area (TPSA) is 130 Å². The fourth-order valence-corrected chi connectivity index (χ4v) is 5.02. The molecule has 10 heteroatoms. The van der Waals surface area contributed by atoms with Crippen molar-refractivity contribution in [1.82, 2.24) is 5.32 Å². The molecule has 0 spiro atoms. The third kappa shape index (κ3) is 8.64. The molecule has 0 saturated heterocycles. The summed E-state index contributed by atoms with van der Waals surface area (Å²) in [5.41, 5.74) is 4.00. The Morgan fingerprint density at radius 3 is 2.26 bits per heavy atom. The van der Waals surface area contributed by atoms with E-state index in [4.69, 9.17) is 0 Å². The van der Waals surface area contributed by atoms with Crippen LogP contribution in [-0.4, -0.2) is 27.9 Å². The molecule has 4 aromatic rings. The zero-order valence-corrected chi connectivity index (χ0v) is 24.6. The number of benzene rings is 4. The third-order valence-electron chi connectivity index (χ3n) is 6.36. The average Bonchev–Trinajstić information content (AvgIpc) is 2.99. The largest absolute Gasteiger partial charge is 0.325 e. The second-order valence-electron chi connectivity index (χ2n) is 9.78. The Labute approximate surface area is 253 Å². The van der Waals surface area contributed by atoms with E-state index in [1.165, 1.54) is 42.1 Å². The minimum absolute atomic E-state index is 0.0537. The van der Waals surface area contributed by atoms with Crippen LogP contribution in [0.15, 0.2) is 108 Å². The highest BCUT2D eigenvalue weighted by Crippen LogP contribution is 2.27. The van der Waals surface area contributed by atoms with Gasteiger partial charge in [-0.1, -0.05) is 42.0 Å². The lowest BCUT2D eigenvalue weighted by Gasteiger charge is -2.15. The van der Waals surface area contributed by atoms with Gasteiger partial charge >= 0.3 is 0 Å². The molecule has 0 aliphatic heterocycles. The normalized spacial score (nSPS) is 11.7. The first-order chi connectivity index (χ1) is 20.6. The molecule has 9 nitrogen and oxygen atoms in total. The molecule has 0 aliphatic rings. The number of hydrogen-bond acceptors (Lipinski definition) is 6. The number of hydrogen-bond donors (Lipinski definition) is 3. The van der Waals surface area contributed by atoms with Gasteiger partial charge in [0.2, 0.25) is 5.91 Å². The first kappa shape index (κ1) is 30.7. The number of non-ortho nitro benzene ring substituents is 1. The second-order valence-corrected chi connectivity index (χ2v) is 11.2. The Kier molecular flexibility index (Phi) is 10.1. The zero-order chi connectivity index (χ0) is 30.9. The SMILES string of the molecule is Cc1ccc(NC(=O)C(C)Sc2cccc(NC(=O)/C(=C\c3ccc([N+](=O)[O-])cc3)NC(=O)c3ccccc3)c2)c(C)c1. The third-order valence-corrected chi connectivity index (χ3v) is 7.45. The lowest BCUT2D eigenvalue weighted by Crippen LogP contribution is -2.30. The van der Waals surface area contributed by atoms with Crippen LogP contribution >= 0.6 is 11.8 Å². The van der Waals surface area contributed by atoms with Crippen molar-refractivity contribution in [3.63, 3.8) is 0 Å². The van der Waals surface area contributed by atoms with E-state index >= 15 is 0 Å². The molecule has 4 aromatic carbocycles. The van der Waals surface area contributed by atoms with E-state index in [2.05, 4.69) is 16.0 Å². The van der Waals surface area contributed by atoms with Gasteiger partial charge in [0.25, 0.3) is 17.5 Å². The number of nitrogens with zero attached hydrogens (tertiary/aromatic N) is 1. The number of carbonyl (C=O) groups is 3. The number of nitrogens with one attached hydrogen (secondary N) is 3. The van der Waals surface area contributed by atoms with Gasteiger partial charge in [0.05, 0.1) is 10.2 Å². The maximum atomic E-state index is 13.4. The maximum absolute atomic E-state index is 13.4. The van der Waals surface area contributed by atoms with Crippen molar-refractivity contribution in [2.45, 2.75) is 30.9 Å². The Hall–Kier alpha value is -5.22. The van der Waals surface area contributed by atoms with Gasteiger partial charge in [0, 0.05) is 34.0 Å². The van der Waals surface area contributed by atoms with Gasteiger partial charge in [-0.2, -0.15) is 0 Å². The highest BCUT2D eigenvalue weighted by atomic mass is 32.2. The highest BCUT2D eigenvalue weighted by molar-refractivity contribution is 8.00. The predicted octanol–water partition coefficient (Wildman–Crippen LogP) is 6.74. The molecule has 0 fully saturated rings. The second kappa shape index (κ2) is 14.1. The standard InChI is InChI=1S/C33H30N4O5S/c1-21-12-17-29(22(2)18-21)35-31(38)23(3)43-28-11-7-10-26(20-28)34-33(40)30(36-32(39)25-8-5-4-6-9-25)19-24-13-15-27(16-14-24)37(41)42/h4-20,23H,1-3H3,(H,34,40)(H,35,38)(H,36,39)/b30-19+. The van der Waals surface area contributed by atoms with Gasteiger partial charge in [0.15, 0.2) is 0 Å². The fraction of sp³-hybridized carbons (Fsp3) is 0.121. The van der Waals surface area contributed by atoms with Crippen molar-refractivity contribution in [3.05, 3.63) is 135 Å². The van der Waals surface area contributed by atoms with Crippen LogP contribution in [-0.2, 0) is 9.59 Å². The number of nitro groups is 1. The van der Waals surface area contributed by atoms with Crippen molar-refractivity contribution in [2.24, 2.45) is 0 Å². The van der Waals surface area contributed by atoms with Crippen LogP contribution in [0.25, 0.3) is 6.08 Å². The van der Waals surface area contributed by atoms with E-state index in [9.17, 15) is 24.5 Å². The zero-order valence-electron chi connectivity index (χ0n) is 23.8. The number of aryl methyl sites for hydroxylation is 2. The molecule has 3 N–H and O–H groups in total. The predicted molar refractivity (Wildman–Crippen MR) is 170 cm³/mol. The Balaban J connectivity index is 1.49. The van der Waals surface area contributed by atoms with Crippen LogP contribution < -0.4 is 16.0 Å². The molecule has 43 heavy (non-hydrogen) atoms. The first-order valence-electron chi connectivity index (χ1n) is 13.4. The minimum Gasteiger partial charge on any atom is -0.325 e. The van der Waals surface area contributed by atoms with Crippen LogP contribution in [0.4, 0.5) is 17.1 Å². The molecule has 0 radical (unpaired) electrons. The first-order valence-corrected chi connectivity index (χ1v) is 14.3. The van der Waals surface area contributed by atoms with Gasteiger partial charge in [-0.3, -0.25) is 24.5 Å². The van der Waals surface area contributed by atoms with Crippen LogP contribution in [0.3, 0.4) is 0 Å². The minimum atomic E-state index is -0.592. The van der Waals surface area contributed by atoms with Crippen LogP contribution in [0, 0.1) is 24.0 Å². The van der Waals surface area contributed by atoms with Crippen molar-refractivity contribution in [3.8, 4) is 0 Å². The smallest absolute Gasteiger partial charge is 0.272 e. The number of anilines is 2. The van der Waals surface area contributed by atoms with E-state index in [-0.39, 0.29) is 17.3 Å². The van der Waals surface area contributed by atoms with Crippen molar-refractivity contribution in [2.75, 3.05) is 10.6 Å². The summed E-state index contributed by atoms with van der Waals surface area (Å²) < 4.78 is 0. The summed E-state index contributed by atoms with van der Waals surface area (Å²) in [6, 6.07) is 26.9. The lowest BCUT2D eigenvalue weighted by molar-refractivity contribution is -0.384. The van der Waals surface area contributed by atoms with Gasteiger partial charge in [-0.05, 0) is 86.5 Å². The summed E-state index contributed by atoms with van der Waals surface area (Å²) in [6.45, 7) is 5.74. The summed E-state index contributed by atoms with van der Waals surface area (Å²) in [5, 5.41) is 19.0. The number of rotatable bonds is 10. The summed E-state index contributed by atoms with van der Waals surface area (Å²) in [4.78, 5) is 50.4. The van der Waals surface area contributed by atoms with E-state index < -0.39 is 22.0 Å². The molecule has 4 rings (SSSR count). The lowest BCUT2D eigenvalue weighted by atomic mass is 10.1. The van der Waals surface area contributed by atoms with E-state index in [0.717, 1.165) is 21.7 Å². The maximum Gasteiger partial charge on any atom is 0.272 e. The molecule has 0 aromatic heterocycles. The molecule has 1 atom stereocenters. The summed E-state index contributed by atoms with van der Waals surface area (Å²) in [6.07, 6.45) is 1.44. The van der Waals surface area contributed by atoms with Gasteiger partial charge < -0.3 is 16.0 Å². The van der Waals surface area contributed by atoms with E-state index in [1.807, 2.05) is 38.1 Å². The van der Waals surface area contributed by atoms with Gasteiger partial charge in [0.1, 0.15) is 5.70 Å². The number of amides is 3. The van der Waals surface area contributed by atoms with Crippen LogP contribution in [0.2, 0.25) is 0 Å². The average molecular weight is 595 g/mol. The molecular weight excluding hydrogens is 564 g/mol. The molecule has 0 heterocycles. The van der Waals surface area contributed by atoms with E-state index in [1.54, 1.807) is 55.5 Å². The van der Waals surface area contributed by atoms with Crippen molar-refractivity contribution >= 4 is 52.6 Å². The molecule has 0 bridgehead atoms. The van der Waals surface area contributed by atoms with E-state index in [0.29, 0.717) is 16.8 Å². The summed E-state index contributed by atoms with van der Waals surface area (Å²) in [7, 11) is 0. The van der Waals surface area contributed by atoms with Crippen molar-refractivity contribution in [1.29, 1.82) is 0 Å². The quantitative estimate of drug-likeness (QED) is 0.0807. The van der Waals surface area contributed by atoms with Gasteiger partial charge in [-0.15, -0.1) is 11.8 Å². The van der Waals surface area contributed by atoms with Crippen molar-refractivity contribution < 1.29 is 19.3 Å². The number of nitro benzene ring substituents is 1. The highest BCUT2D eigenvalue weighted by Gasteiger charge is 2.18. The fourth-order valence-electron chi connectivity index (χ4n) is 4.09. The number of thioether (sulfide) groups is 1.